The lowest BCUT2D eigenvalue weighted by molar-refractivity contribution is -0.151. The Morgan fingerprint density at radius 3 is 2.00 bits per heavy atom. The number of hydrogen-bond acceptors (Lipinski definition) is 3. The van der Waals surface area contributed by atoms with Crippen molar-refractivity contribution < 1.29 is 0 Å². The van der Waals surface area contributed by atoms with Gasteiger partial charge in [0.25, 0.3) is 0 Å². The van der Waals surface area contributed by atoms with Crippen molar-refractivity contribution in [3.8, 4) is 0 Å². The molecule has 4 unspecified atom stereocenters. The first-order valence-corrected chi connectivity index (χ1v) is 5.72. The Morgan fingerprint density at radius 1 is 1.00 bits per heavy atom. The second kappa shape index (κ2) is 1.79. The van der Waals surface area contributed by atoms with Crippen LogP contribution in [0.5, 0.6) is 0 Å². The van der Waals surface area contributed by atoms with E-state index >= 15 is 0 Å². The minimum Gasteiger partial charge on any atom is -0.327 e. The van der Waals surface area contributed by atoms with Gasteiger partial charge in [-0.25, -0.2) is 0 Å². The van der Waals surface area contributed by atoms with Gasteiger partial charge >= 0.3 is 0 Å². The van der Waals surface area contributed by atoms with E-state index < -0.39 is 0 Å². The Kier molecular flexibility index (Phi) is 1.03. The average molecular weight is 193 g/mol. The molecule has 4 rings (SSSR count). The third-order valence-electron chi connectivity index (χ3n) is 6.05. The molecule has 1 aliphatic carbocycles. The molecule has 1 spiro atoms. The van der Waals surface area contributed by atoms with E-state index in [9.17, 15) is 0 Å². The molecule has 78 valence electrons. The Morgan fingerprint density at radius 2 is 1.50 bits per heavy atom. The summed E-state index contributed by atoms with van der Waals surface area (Å²) in [7, 11) is 0. The molecular formula is C11H19N3. The van der Waals surface area contributed by atoms with Gasteiger partial charge in [0.1, 0.15) is 0 Å². The van der Waals surface area contributed by atoms with E-state index in [0.29, 0.717) is 22.3 Å². The normalized spacial score (nSPS) is 73.5. The summed E-state index contributed by atoms with van der Waals surface area (Å²) in [5.41, 5.74) is 7.80. The summed E-state index contributed by atoms with van der Waals surface area (Å²) in [5.74, 6) is 0. The number of nitrogens with two attached hydrogens (primary N) is 1. The molecule has 4 fully saturated rings. The zero-order chi connectivity index (χ0) is 9.77. The maximum atomic E-state index is 6.44. The summed E-state index contributed by atoms with van der Waals surface area (Å²) >= 11 is 0. The maximum absolute atomic E-state index is 6.44. The van der Waals surface area contributed by atoms with E-state index in [-0.39, 0.29) is 0 Å². The second-order valence-electron chi connectivity index (χ2n) is 6.51. The summed E-state index contributed by atoms with van der Waals surface area (Å²) in [6.07, 6.45) is 0. The molecule has 0 amide bonds. The number of nitrogens with zero attached hydrogens (tertiary/aromatic N) is 2. The topological polar surface area (TPSA) is 32.5 Å². The van der Waals surface area contributed by atoms with Gasteiger partial charge in [-0.15, -0.1) is 0 Å². The fourth-order valence-electron chi connectivity index (χ4n) is 5.43. The van der Waals surface area contributed by atoms with Crippen LogP contribution in [0.4, 0.5) is 0 Å². The molecule has 3 bridgehead atoms. The Hall–Kier alpha value is -0.120. The van der Waals surface area contributed by atoms with E-state index in [4.69, 9.17) is 5.73 Å². The van der Waals surface area contributed by atoms with Crippen LogP contribution in [-0.2, 0) is 0 Å². The predicted molar refractivity (Wildman–Crippen MR) is 54.6 cm³/mol. The average Bonchev–Trinajstić information content (AvgIpc) is 2.44. The minimum absolute atomic E-state index is 0.410. The molecule has 3 nitrogen and oxygen atoms in total. The van der Waals surface area contributed by atoms with Crippen LogP contribution in [0, 0.1) is 16.2 Å². The third-order valence-corrected chi connectivity index (χ3v) is 6.05. The van der Waals surface area contributed by atoms with Crippen molar-refractivity contribution in [2.75, 3.05) is 32.8 Å². The van der Waals surface area contributed by atoms with E-state index in [1.165, 1.54) is 32.8 Å². The fraction of sp³-hybridized carbons (Fsp3) is 1.00. The van der Waals surface area contributed by atoms with Crippen molar-refractivity contribution in [1.29, 1.82) is 0 Å². The molecule has 6 atom stereocenters. The standard InChI is InChI=1S/C11H19N3/c1-9-3-13-5-11(9)6-14(7-13)4-10(11,2)8(9)12/h8H,3-7,12H2,1-2H3/t8?,9-,10+,11?. The van der Waals surface area contributed by atoms with Crippen LogP contribution in [0.3, 0.4) is 0 Å². The lowest BCUT2D eigenvalue weighted by atomic mass is 9.37. The molecular weight excluding hydrogens is 174 g/mol. The quantitative estimate of drug-likeness (QED) is 0.584. The van der Waals surface area contributed by atoms with Crippen LogP contribution >= 0.6 is 0 Å². The first kappa shape index (κ1) is 8.08. The summed E-state index contributed by atoms with van der Waals surface area (Å²) in [4.78, 5) is 5.23. The van der Waals surface area contributed by atoms with Gasteiger partial charge in [0.2, 0.25) is 0 Å². The summed E-state index contributed by atoms with van der Waals surface area (Å²) < 4.78 is 0. The van der Waals surface area contributed by atoms with Crippen molar-refractivity contribution in [2.45, 2.75) is 19.9 Å². The fourth-order valence-corrected chi connectivity index (χ4v) is 5.43. The highest BCUT2D eigenvalue weighted by molar-refractivity contribution is 5.33. The summed E-state index contributed by atoms with van der Waals surface area (Å²) in [6.45, 7) is 11.1. The molecule has 1 saturated carbocycles. The number of fused-ring (bicyclic) bond motifs is 2. The molecule has 3 saturated heterocycles. The first-order chi connectivity index (χ1) is 6.52. The van der Waals surface area contributed by atoms with Crippen LogP contribution in [0.2, 0.25) is 0 Å². The molecule has 3 heterocycles. The molecule has 2 N–H and O–H groups in total. The molecule has 0 aromatic rings. The van der Waals surface area contributed by atoms with Crippen molar-refractivity contribution in [2.24, 2.45) is 22.0 Å². The van der Waals surface area contributed by atoms with Crippen LogP contribution in [-0.4, -0.2) is 48.7 Å². The van der Waals surface area contributed by atoms with Gasteiger partial charge in [-0.1, -0.05) is 13.8 Å². The highest BCUT2D eigenvalue weighted by Gasteiger charge is 2.81. The lowest BCUT2D eigenvalue weighted by Crippen LogP contribution is -2.76. The van der Waals surface area contributed by atoms with Gasteiger partial charge in [-0.05, 0) is 0 Å². The zero-order valence-electron chi connectivity index (χ0n) is 9.08. The highest BCUT2D eigenvalue weighted by atomic mass is 15.4. The van der Waals surface area contributed by atoms with E-state index in [1.807, 2.05) is 0 Å². The van der Waals surface area contributed by atoms with Gasteiger partial charge in [0.15, 0.2) is 0 Å². The van der Waals surface area contributed by atoms with Crippen molar-refractivity contribution in [1.82, 2.24) is 9.80 Å². The molecule has 4 aliphatic rings. The van der Waals surface area contributed by atoms with E-state index in [2.05, 4.69) is 23.6 Å². The zero-order valence-corrected chi connectivity index (χ0v) is 9.08. The first-order valence-electron chi connectivity index (χ1n) is 5.72. The Bertz CT molecular complexity index is 298. The smallest absolute Gasteiger partial charge is 0.0507 e. The minimum atomic E-state index is 0.410. The molecule has 0 aromatic heterocycles. The van der Waals surface area contributed by atoms with Crippen LogP contribution in [0.25, 0.3) is 0 Å². The third kappa shape index (κ3) is 0.484. The predicted octanol–water partition coefficient (Wildman–Crippen LogP) is -0.0714. The van der Waals surface area contributed by atoms with Gasteiger partial charge in [-0.3, -0.25) is 9.80 Å². The summed E-state index contributed by atoms with van der Waals surface area (Å²) in [5, 5.41) is 0. The van der Waals surface area contributed by atoms with Gasteiger partial charge in [0.05, 0.1) is 6.67 Å². The van der Waals surface area contributed by atoms with Crippen LogP contribution < -0.4 is 5.73 Å². The van der Waals surface area contributed by atoms with Crippen molar-refractivity contribution >= 4 is 0 Å². The Labute approximate surface area is 85.2 Å². The summed E-state index contributed by atoms with van der Waals surface area (Å²) in [6, 6.07) is 0.422. The highest BCUT2D eigenvalue weighted by Crippen LogP contribution is 2.74. The molecule has 3 heteroatoms. The van der Waals surface area contributed by atoms with Gasteiger partial charge < -0.3 is 5.73 Å². The lowest BCUT2D eigenvalue weighted by Gasteiger charge is -2.67. The Balaban J connectivity index is 1.95. The number of rotatable bonds is 0. The molecule has 14 heavy (non-hydrogen) atoms. The van der Waals surface area contributed by atoms with Gasteiger partial charge in [-0.2, -0.15) is 0 Å². The largest absolute Gasteiger partial charge is 0.327 e. The molecule has 3 aliphatic heterocycles. The van der Waals surface area contributed by atoms with Crippen molar-refractivity contribution in [3.05, 3.63) is 0 Å². The van der Waals surface area contributed by atoms with E-state index in [1.54, 1.807) is 0 Å². The number of hydrogen-bond donors (Lipinski definition) is 1. The van der Waals surface area contributed by atoms with Crippen LogP contribution in [0.1, 0.15) is 13.8 Å². The van der Waals surface area contributed by atoms with Gasteiger partial charge in [0, 0.05) is 48.5 Å². The SMILES string of the molecule is C[C@@]12CN3CN4CC1(C3)[C@](C)(C4)C2N. The monoisotopic (exact) mass is 193 g/mol. The second-order valence-corrected chi connectivity index (χ2v) is 6.51. The molecule has 0 aromatic carbocycles. The maximum Gasteiger partial charge on any atom is 0.0507 e. The van der Waals surface area contributed by atoms with Crippen molar-refractivity contribution in [3.63, 3.8) is 0 Å². The van der Waals surface area contributed by atoms with E-state index in [0.717, 1.165) is 0 Å². The van der Waals surface area contributed by atoms with Crippen LogP contribution in [0.15, 0.2) is 0 Å². The molecule has 0 radical (unpaired) electrons.